The van der Waals surface area contributed by atoms with E-state index in [1.165, 1.54) is 0 Å². The van der Waals surface area contributed by atoms with E-state index >= 15 is 0 Å². The highest BCUT2D eigenvalue weighted by atomic mass is 35.5. The Hall–Kier alpha value is -1.61. The van der Waals surface area contributed by atoms with E-state index in [-0.39, 0.29) is 0 Å². The van der Waals surface area contributed by atoms with Crippen LogP contribution in [0.2, 0.25) is 5.15 Å². The van der Waals surface area contributed by atoms with Crippen LogP contribution in [0.4, 0.5) is 0 Å². The normalized spacial score (nSPS) is 10.6. The summed E-state index contributed by atoms with van der Waals surface area (Å²) in [5.41, 5.74) is 3.91. The molecule has 0 saturated heterocycles. The molecule has 19 heavy (non-hydrogen) atoms. The van der Waals surface area contributed by atoms with E-state index in [2.05, 4.69) is 9.97 Å². The molecule has 0 unspecified atom stereocenters. The summed E-state index contributed by atoms with van der Waals surface area (Å²) < 4.78 is 5.39. The van der Waals surface area contributed by atoms with E-state index in [0.717, 1.165) is 34.6 Å². The molecule has 4 heteroatoms. The lowest BCUT2D eigenvalue weighted by molar-refractivity contribution is 0.416. The van der Waals surface area contributed by atoms with Crippen LogP contribution in [-0.2, 0) is 6.42 Å². The van der Waals surface area contributed by atoms with Crippen molar-refractivity contribution in [2.45, 2.75) is 27.2 Å². The average Bonchev–Trinajstić information content (AvgIpc) is 2.38. The fourth-order valence-corrected chi connectivity index (χ4v) is 2.42. The van der Waals surface area contributed by atoms with E-state index in [0.29, 0.717) is 11.0 Å². The number of aryl methyl sites for hydroxylation is 2. The summed E-state index contributed by atoms with van der Waals surface area (Å²) >= 11 is 6.22. The van der Waals surface area contributed by atoms with Crippen LogP contribution in [0.3, 0.4) is 0 Å². The third-order valence-corrected chi connectivity index (χ3v) is 3.43. The molecule has 0 amide bonds. The van der Waals surface area contributed by atoms with Crippen molar-refractivity contribution in [2.75, 3.05) is 7.11 Å². The number of ether oxygens (including phenoxy) is 1. The van der Waals surface area contributed by atoms with Gasteiger partial charge in [-0.05, 0) is 38.0 Å². The van der Waals surface area contributed by atoms with Crippen LogP contribution in [0.1, 0.15) is 23.7 Å². The summed E-state index contributed by atoms with van der Waals surface area (Å²) in [6.45, 7) is 6.02. The molecule has 2 aromatic rings. The van der Waals surface area contributed by atoms with Crippen LogP contribution in [0.15, 0.2) is 18.2 Å². The maximum Gasteiger partial charge on any atom is 0.164 e. The minimum absolute atomic E-state index is 0.521. The molecule has 0 bridgehead atoms. The van der Waals surface area contributed by atoms with Gasteiger partial charge in [-0.15, -0.1) is 0 Å². The highest BCUT2D eigenvalue weighted by Gasteiger charge is 2.13. The number of hydrogen-bond acceptors (Lipinski definition) is 3. The molecule has 0 fully saturated rings. The third kappa shape index (κ3) is 2.71. The van der Waals surface area contributed by atoms with Crippen molar-refractivity contribution < 1.29 is 4.74 Å². The van der Waals surface area contributed by atoms with Gasteiger partial charge in [0.15, 0.2) is 5.82 Å². The zero-order valence-electron chi connectivity index (χ0n) is 11.6. The van der Waals surface area contributed by atoms with Crippen molar-refractivity contribution in [1.82, 2.24) is 9.97 Å². The van der Waals surface area contributed by atoms with Crippen LogP contribution < -0.4 is 4.74 Å². The predicted octanol–water partition coefficient (Wildman–Crippen LogP) is 3.98. The highest BCUT2D eigenvalue weighted by Crippen LogP contribution is 2.30. The van der Waals surface area contributed by atoms with Gasteiger partial charge >= 0.3 is 0 Å². The smallest absolute Gasteiger partial charge is 0.164 e. The molecule has 1 aromatic heterocycles. The first-order valence-electron chi connectivity index (χ1n) is 6.24. The van der Waals surface area contributed by atoms with Crippen molar-refractivity contribution in [2.24, 2.45) is 0 Å². The SMILES string of the molecule is CCc1c(C)nc(-c2ccc(C)cc2OC)nc1Cl. The second-order valence-electron chi connectivity index (χ2n) is 4.46. The molecule has 100 valence electrons. The summed E-state index contributed by atoms with van der Waals surface area (Å²) in [6.07, 6.45) is 0.829. The Bertz CT molecular complexity index is 588. The van der Waals surface area contributed by atoms with Gasteiger partial charge in [-0.25, -0.2) is 9.97 Å². The van der Waals surface area contributed by atoms with Crippen LogP contribution in [0.25, 0.3) is 11.4 Å². The molecule has 1 aromatic carbocycles. The number of hydrogen-bond donors (Lipinski definition) is 0. The van der Waals surface area contributed by atoms with E-state index in [4.69, 9.17) is 16.3 Å². The van der Waals surface area contributed by atoms with Gasteiger partial charge in [0.05, 0.1) is 12.7 Å². The van der Waals surface area contributed by atoms with Crippen LogP contribution in [0, 0.1) is 13.8 Å². The molecule has 0 radical (unpaired) electrons. The fraction of sp³-hybridized carbons (Fsp3) is 0.333. The second-order valence-corrected chi connectivity index (χ2v) is 4.82. The highest BCUT2D eigenvalue weighted by molar-refractivity contribution is 6.30. The maximum absolute atomic E-state index is 6.22. The van der Waals surface area contributed by atoms with E-state index in [9.17, 15) is 0 Å². The largest absolute Gasteiger partial charge is 0.496 e. The molecule has 3 nitrogen and oxygen atoms in total. The van der Waals surface area contributed by atoms with Crippen LogP contribution >= 0.6 is 11.6 Å². The van der Waals surface area contributed by atoms with Crippen molar-refractivity contribution >= 4 is 11.6 Å². The van der Waals surface area contributed by atoms with Crippen molar-refractivity contribution in [3.05, 3.63) is 40.2 Å². The summed E-state index contributed by atoms with van der Waals surface area (Å²) in [5, 5.41) is 0.521. The van der Waals surface area contributed by atoms with Gasteiger partial charge in [-0.1, -0.05) is 24.6 Å². The molecule has 0 N–H and O–H groups in total. The van der Waals surface area contributed by atoms with Gasteiger partial charge < -0.3 is 4.74 Å². The standard InChI is InChI=1S/C15H17ClN2O/c1-5-11-10(3)17-15(18-14(11)16)12-7-6-9(2)8-13(12)19-4/h6-8H,5H2,1-4H3. The molecular weight excluding hydrogens is 260 g/mol. The van der Waals surface area contributed by atoms with Crippen molar-refractivity contribution in [1.29, 1.82) is 0 Å². The quantitative estimate of drug-likeness (QED) is 0.795. The monoisotopic (exact) mass is 276 g/mol. The number of nitrogens with zero attached hydrogens (tertiary/aromatic N) is 2. The number of rotatable bonds is 3. The summed E-state index contributed by atoms with van der Waals surface area (Å²) in [4.78, 5) is 8.93. The molecule has 0 atom stereocenters. The molecule has 0 saturated carbocycles. The predicted molar refractivity (Wildman–Crippen MR) is 77.9 cm³/mol. The number of halogens is 1. The Kier molecular flexibility index (Phi) is 4.05. The Morgan fingerprint density at radius 2 is 1.95 bits per heavy atom. The van der Waals surface area contributed by atoms with Gasteiger partial charge in [0.1, 0.15) is 10.9 Å². The molecule has 1 heterocycles. The Morgan fingerprint density at radius 3 is 2.53 bits per heavy atom. The summed E-state index contributed by atoms with van der Waals surface area (Å²) in [7, 11) is 1.65. The maximum atomic E-state index is 6.22. The number of benzene rings is 1. The molecule has 2 rings (SSSR count). The van der Waals surface area contributed by atoms with Gasteiger partial charge in [-0.3, -0.25) is 0 Å². The lowest BCUT2D eigenvalue weighted by atomic mass is 10.1. The molecule has 0 aliphatic heterocycles. The first-order valence-corrected chi connectivity index (χ1v) is 6.62. The zero-order valence-corrected chi connectivity index (χ0v) is 12.4. The van der Waals surface area contributed by atoms with Gasteiger partial charge in [0.25, 0.3) is 0 Å². The van der Waals surface area contributed by atoms with Gasteiger partial charge in [-0.2, -0.15) is 0 Å². The van der Waals surface area contributed by atoms with E-state index < -0.39 is 0 Å². The van der Waals surface area contributed by atoms with Crippen LogP contribution in [-0.4, -0.2) is 17.1 Å². The van der Waals surface area contributed by atoms with Crippen molar-refractivity contribution in [3.8, 4) is 17.1 Å². The van der Waals surface area contributed by atoms with Gasteiger partial charge in [0.2, 0.25) is 0 Å². The number of methoxy groups -OCH3 is 1. The molecule has 0 aliphatic carbocycles. The molecule has 0 aliphatic rings. The van der Waals surface area contributed by atoms with Crippen LogP contribution in [0.5, 0.6) is 5.75 Å². The fourth-order valence-electron chi connectivity index (χ4n) is 2.07. The Balaban J connectivity index is 2.59. The number of aromatic nitrogens is 2. The minimum Gasteiger partial charge on any atom is -0.496 e. The topological polar surface area (TPSA) is 35.0 Å². The first kappa shape index (κ1) is 13.8. The Morgan fingerprint density at radius 1 is 1.21 bits per heavy atom. The lowest BCUT2D eigenvalue weighted by Gasteiger charge is -2.11. The average molecular weight is 277 g/mol. The third-order valence-electron chi connectivity index (χ3n) is 3.11. The molecule has 0 spiro atoms. The summed E-state index contributed by atoms with van der Waals surface area (Å²) in [6, 6.07) is 5.94. The lowest BCUT2D eigenvalue weighted by Crippen LogP contribution is -2.00. The van der Waals surface area contributed by atoms with Crippen molar-refractivity contribution in [3.63, 3.8) is 0 Å². The van der Waals surface area contributed by atoms with E-state index in [1.54, 1.807) is 7.11 Å². The van der Waals surface area contributed by atoms with E-state index in [1.807, 2.05) is 39.0 Å². The summed E-state index contributed by atoms with van der Waals surface area (Å²) in [5.74, 6) is 1.37. The minimum atomic E-state index is 0.521. The van der Waals surface area contributed by atoms with Gasteiger partial charge in [0, 0.05) is 11.3 Å². The Labute approximate surface area is 118 Å². The second kappa shape index (κ2) is 5.57. The molecular formula is C15H17ClN2O. The zero-order chi connectivity index (χ0) is 14.0. The first-order chi connectivity index (χ1) is 9.06.